The number of thiophene rings is 1. The van der Waals surface area contributed by atoms with E-state index >= 15 is 0 Å². The molecular formula is C18H17F3N4O2S2. The first-order valence-corrected chi connectivity index (χ1v) is 9.84. The molecule has 2 N–H and O–H groups in total. The lowest BCUT2D eigenvalue weighted by Gasteiger charge is -2.15. The van der Waals surface area contributed by atoms with E-state index in [2.05, 4.69) is 15.5 Å². The number of halogens is 3. The second kappa shape index (κ2) is 8.78. The van der Waals surface area contributed by atoms with Crippen LogP contribution in [-0.2, 0) is 11.0 Å². The Labute approximate surface area is 173 Å². The van der Waals surface area contributed by atoms with Crippen LogP contribution in [-0.4, -0.2) is 33.8 Å². The fourth-order valence-corrected chi connectivity index (χ4v) is 3.59. The van der Waals surface area contributed by atoms with Crippen molar-refractivity contribution < 1.29 is 22.7 Å². The quantitative estimate of drug-likeness (QED) is 0.419. The Bertz CT molecular complexity index is 1010. The summed E-state index contributed by atoms with van der Waals surface area (Å²) >= 11 is 6.73. The summed E-state index contributed by atoms with van der Waals surface area (Å²) in [5.41, 5.74) is -0.745. The molecule has 1 aromatic carbocycles. The van der Waals surface area contributed by atoms with E-state index in [1.54, 1.807) is 11.5 Å². The van der Waals surface area contributed by atoms with Crippen LogP contribution in [0.3, 0.4) is 0 Å². The molecule has 0 aliphatic carbocycles. The van der Waals surface area contributed by atoms with Gasteiger partial charge in [0.1, 0.15) is 18.4 Å². The average Bonchev–Trinajstić information content (AvgIpc) is 3.33. The summed E-state index contributed by atoms with van der Waals surface area (Å²) < 4.78 is 45.0. The first kappa shape index (κ1) is 21.1. The SMILES string of the molecule is CC(C(=O)NCCOc1ccc(C(F)(F)F)cc1)n1c(-c2cccs2)n[nH]c1=S. The number of nitrogens with one attached hydrogen (secondary N) is 2. The molecule has 1 unspecified atom stereocenters. The van der Waals surface area contributed by atoms with Gasteiger partial charge in [-0.3, -0.25) is 14.5 Å². The van der Waals surface area contributed by atoms with Gasteiger partial charge in [-0.1, -0.05) is 6.07 Å². The summed E-state index contributed by atoms with van der Waals surface area (Å²) in [5.74, 6) is 0.585. The Hall–Kier alpha value is -2.66. The number of H-pyrrole nitrogens is 1. The van der Waals surface area contributed by atoms with Crippen molar-refractivity contribution in [3.63, 3.8) is 0 Å². The number of amides is 1. The number of aromatic nitrogens is 3. The summed E-state index contributed by atoms with van der Waals surface area (Å²) in [6.45, 7) is 2.00. The lowest BCUT2D eigenvalue weighted by atomic mass is 10.2. The number of nitrogens with zero attached hydrogens (tertiary/aromatic N) is 2. The minimum atomic E-state index is -4.39. The zero-order chi connectivity index (χ0) is 21.0. The molecule has 0 saturated heterocycles. The molecular weight excluding hydrogens is 425 g/mol. The van der Waals surface area contributed by atoms with Gasteiger partial charge in [0.2, 0.25) is 5.91 Å². The second-order valence-corrected chi connectivity index (χ2v) is 7.37. The van der Waals surface area contributed by atoms with Crippen LogP contribution in [0.1, 0.15) is 18.5 Å². The molecule has 29 heavy (non-hydrogen) atoms. The molecule has 0 aliphatic heterocycles. The number of rotatable bonds is 7. The summed E-state index contributed by atoms with van der Waals surface area (Å²) in [4.78, 5) is 13.4. The Morgan fingerprint density at radius 2 is 2.07 bits per heavy atom. The monoisotopic (exact) mass is 442 g/mol. The second-order valence-electron chi connectivity index (χ2n) is 6.04. The first-order valence-electron chi connectivity index (χ1n) is 8.56. The van der Waals surface area contributed by atoms with Crippen LogP contribution >= 0.6 is 23.6 Å². The maximum absolute atomic E-state index is 12.6. The van der Waals surface area contributed by atoms with Gasteiger partial charge in [-0.15, -0.1) is 11.3 Å². The summed E-state index contributed by atoms with van der Waals surface area (Å²) in [6, 6.07) is 7.53. The topological polar surface area (TPSA) is 71.9 Å². The molecule has 0 aliphatic rings. The van der Waals surface area contributed by atoms with Gasteiger partial charge in [-0.05, 0) is 54.9 Å². The van der Waals surface area contributed by atoms with Crippen molar-refractivity contribution in [2.45, 2.75) is 19.1 Å². The Morgan fingerprint density at radius 3 is 2.69 bits per heavy atom. The predicted molar refractivity (Wildman–Crippen MR) is 105 cm³/mol. The van der Waals surface area contributed by atoms with Crippen molar-refractivity contribution in [1.29, 1.82) is 0 Å². The number of benzene rings is 1. The van der Waals surface area contributed by atoms with Gasteiger partial charge in [0.25, 0.3) is 0 Å². The van der Waals surface area contributed by atoms with Gasteiger partial charge in [0.05, 0.1) is 17.0 Å². The Kier molecular flexibility index (Phi) is 6.38. The molecule has 0 fully saturated rings. The number of carbonyl (C=O) groups is 1. The summed E-state index contributed by atoms with van der Waals surface area (Å²) in [7, 11) is 0. The lowest BCUT2D eigenvalue weighted by molar-refractivity contribution is -0.137. The van der Waals surface area contributed by atoms with Crippen LogP contribution < -0.4 is 10.1 Å². The van der Waals surface area contributed by atoms with Crippen molar-refractivity contribution in [1.82, 2.24) is 20.1 Å². The lowest BCUT2D eigenvalue weighted by Crippen LogP contribution is -2.34. The number of alkyl halides is 3. The van der Waals surface area contributed by atoms with E-state index in [0.717, 1.165) is 17.0 Å². The molecule has 3 rings (SSSR count). The largest absolute Gasteiger partial charge is 0.492 e. The van der Waals surface area contributed by atoms with Crippen LogP contribution in [0.2, 0.25) is 0 Å². The number of hydrogen-bond donors (Lipinski definition) is 2. The van der Waals surface area contributed by atoms with Gasteiger partial charge >= 0.3 is 6.18 Å². The van der Waals surface area contributed by atoms with Gasteiger partial charge in [0, 0.05) is 0 Å². The van der Waals surface area contributed by atoms with Crippen LogP contribution in [0.25, 0.3) is 10.7 Å². The third-order valence-corrected chi connectivity index (χ3v) is 5.22. The van der Waals surface area contributed by atoms with Crippen molar-refractivity contribution in [2.24, 2.45) is 0 Å². The van der Waals surface area contributed by atoms with E-state index in [1.807, 2.05) is 17.5 Å². The highest BCUT2D eigenvalue weighted by molar-refractivity contribution is 7.71. The minimum Gasteiger partial charge on any atom is -0.492 e. The normalized spacial score (nSPS) is 12.6. The summed E-state index contributed by atoms with van der Waals surface area (Å²) in [6.07, 6.45) is -4.39. The standard InChI is InChI=1S/C18H17F3N4O2S2/c1-11(25-15(23-24-17(25)28)14-3-2-10-29-14)16(26)22-8-9-27-13-6-4-12(5-7-13)18(19,20)21/h2-7,10-11H,8-9H2,1H3,(H,22,26)(H,24,28). The molecule has 0 bridgehead atoms. The molecule has 6 nitrogen and oxygen atoms in total. The fourth-order valence-electron chi connectivity index (χ4n) is 2.59. The van der Waals surface area contributed by atoms with E-state index in [0.29, 0.717) is 10.6 Å². The molecule has 1 amide bonds. The molecule has 0 spiro atoms. The highest BCUT2D eigenvalue weighted by atomic mass is 32.1. The fraction of sp³-hybridized carbons (Fsp3) is 0.278. The molecule has 0 radical (unpaired) electrons. The highest BCUT2D eigenvalue weighted by Gasteiger charge is 2.30. The van der Waals surface area contributed by atoms with E-state index in [-0.39, 0.29) is 24.8 Å². The van der Waals surface area contributed by atoms with Gasteiger partial charge in [-0.2, -0.15) is 18.3 Å². The first-order chi connectivity index (χ1) is 13.8. The molecule has 154 valence electrons. The Balaban J connectivity index is 1.54. The third-order valence-electron chi connectivity index (χ3n) is 4.06. The van der Waals surface area contributed by atoms with Crippen molar-refractivity contribution in [2.75, 3.05) is 13.2 Å². The predicted octanol–water partition coefficient (Wildman–Crippen LogP) is 4.44. The third kappa shape index (κ3) is 5.04. The zero-order valence-corrected chi connectivity index (χ0v) is 16.8. The smallest absolute Gasteiger partial charge is 0.416 e. The van der Waals surface area contributed by atoms with Gasteiger partial charge in [0.15, 0.2) is 10.6 Å². The minimum absolute atomic E-state index is 0.110. The van der Waals surface area contributed by atoms with E-state index < -0.39 is 17.8 Å². The maximum atomic E-state index is 12.6. The van der Waals surface area contributed by atoms with E-state index in [9.17, 15) is 18.0 Å². The number of hydrogen-bond acceptors (Lipinski definition) is 5. The van der Waals surface area contributed by atoms with Crippen LogP contribution in [0.15, 0.2) is 41.8 Å². The van der Waals surface area contributed by atoms with Crippen LogP contribution in [0.5, 0.6) is 5.75 Å². The van der Waals surface area contributed by atoms with Crippen LogP contribution in [0.4, 0.5) is 13.2 Å². The van der Waals surface area contributed by atoms with Gasteiger partial charge < -0.3 is 10.1 Å². The van der Waals surface area contributed by atoms with Crippen LogP contribution in [0, 0.1) is 4.77 Å². The van der Waals surface area contributed by atoms with Gasteiger partial charge in [-0.25, -0.2) is 0 Å². The molecule has 2 heterocycles. The van der Waals surface area contributed by atoms with Crippen molar-refractivity contribution in [3.8, 4) is 16.5 Å². The van der Waals surface area contributed by atoms with Crippen molar-refractivity contribution >= 4 is 29.5 Å². The average molecular weight is 442 g/mol. The number of ether oxygens (including phenoxy) is 1. The molecule has 3 aromatic rings. The molecule has 2 aromatic heterocycles. The summed E-state index contributed by atoms with van der Waals surface area (Å²) in [5, 5.41) is 11.5. The van der Waals surface area contributed by atoms with E-state index in [1.165, 1.54) is 23.5 Å². The molecule has 1 atom stereocenters. The number of carbonyl (C=O) groups excluding carboxylic acids is 1. The van der Waals surface area contributed by atoms with E-state index in [4.69, 9.17) is 17.0 Å². The molecule has 11 heteroatoms. The van der Waals surface area contributed by atoms with Crippen molar-refractivity contribution in [3.05, 3.63) is 52.1 Å². The number of aromatic amines is 1. The Morgan fingerprint density at radius 1 is 1.34 bits per heavy atom. The maximum Gasteiger partial charge on any atom is 0.416 e. The highest BCUT2D eigenvalue weighted by Crippen LogP contribution is 2.30. The molecule has 0 saturated carbocycles. The zero-order valence-electron chi connectivity index (χ0n) is 15.2.